The highest BCUT2D eigenvalue weighted by Crippen LogP contribution is 2.23. The lowest BCUT2D eigenvalue weighted by Gasteiger charge is -2.34. The smallest absolute Gasteiger partial charge is 0.406 e. The zero-order valence-electron chi connectivity index (χ0n) is 15.6. The van der Waals surface area contributed by atoms with E-state index in [0.717, 1.165) is 32.7 Å². The van der Waals surface area contributed by atoms with Crippen molar-refractivity contribution in [3.63, 3.8) is 0 Å². The Morgan fingerprint density at radius 1 is 1.26 bits per heavy atom. The number of rotatable bonds is 7. The molecular formula is C18H27F3N4O2. The van der Waals surface area contributed by atoms with Gasteiger partial charge in [0.05, 0.1) is 19.8 Å². The molecule has 1 heterocycles. The summed E-state index contributed by atoms with van der Waals surface area (Å²) in [6.45, 7) is 8.08. The number of halogens is 3. The number of nitrogens with one attached hydrogen (secondary N) is 1. The van der Waals surface area contributed by atoms with Gasteiger partial charge >= 0.3 is 6.36 Å². The second kappa shape index (κ2) is 9.80. The van der Waals surface area contributed by atoms with Crippen molar-refractivity contribution >= 4 is 11.6 Å². The normalized spacial score (nSPS) is 17.8. The zero-order chi connectivity index (χ0) is 19.9. The molecule has 152 valence electrons. The number of benzene rings is 1. The molecule has 1 saturated heterocycles. The molecule has 0 aromatic heterocycles. The highest BCUT2D eigenvalue weighted by Gasteiger charge is 2.31. The summed E-state index contributed by atoms with van der Waals surface area (Å²) in [6.07, 6.45) is -3.71. The Morgan fingerprint density at radius 2 is 1.89 bits per heavy atom. The quantitative estimate of drug-likeness (QED) is 0.555. The van der Waals surface area contributed by atoms with E-state index in [2.05, 4.69) is 33.8 Å². The molecule has 1 unspecified atom stereocenters. The first-order valence-corrected chi connectivity index (χ1v) is 8.97. The molecule has 0 saturated carbocycles. The number of anilines is 1. The maximum atomic E-state index is 12.2. The van der Waals surface area contributed by atoms with E-state index < -0.39 is 6.36 Å². The number of hydrogen-bond donors (Lipinski definition) is 2. The SMILES string of the molecule is CC(C)CC(CN=C(N)Nc1ccc(OC(F)(F)F)cc1)N1CCOCC1. The molecule has 1 aromatic rings. The fourth-order valence-corrected chi connectivity index (χ4v) is 2.96. The van der Waals surface area contributed by atoms with Crippen LogP contribution in [-0.2, 0) is 4.74 Å². The molecule has 1 aliphatic rings. The minimum Gasteiger partial charge on any atom is -0.406 e. The van der Waals surface area contributed by atoms with E-state index in [1.807, 2.05) is 0 Å². The predicted octanol–water partition coefficient (Wildman–Crippen LogP) is 3.06. The standard InChI is InChI=1S/C18H27F3N4O2/c1-13(2)11-15(25-7-9-26-10-8-25)12-23-17(22)24-14-3-5-16(6-4-14)27-18(19,20)21/h3-6,13,15H,7-12H2,1-2H3,(H3,22,23,24). The Hall–Kier alpha value is -2.00. The van der Waals surface area contributed by atoms with Gasteiger partial charge in [-0.3, -0.25) is 9.89 Å². The van der Waals surface area contributed by atoms with Crippen molar-refractivity contribution in [1.29, 1.82) is 0 Å². The van der Waals surface area contributed by atoms with Gasteiger partial charge in [0.25, 0.3) is 0 Å². The number of alkyl halides is 3. The number of guanidine groups is 1. The van der Waals surface area contributed by atoms with Crippen LogP contribution in [0.25, 0.3) is 0 Å². The Morgan fingerprint density at radius 3 is 2.44 bits per heavy atom. The summed E-state index contributed by atoms with van der Waals surface area (Å²) >= 11 is 0. The van der Waals surface area contributed by atoms with Crippen LogP contribution in [0.5, 0.6) is 5.75 Å². The van der Waals surface area contributed by atoms with Gasteiger partial charge in [-0.05, 0) is 36.6 Å². The van der Waals surface area contributed by atoms with Gasteiger partial charge in [-0.2, -0.15) is 0 Å². The summed E-state index contributed by atoms with van der Waals surface area (Å²) in [5.41, 5.74) is 6.48. The van der Waals surface area contributed by atoms with Crippen LogP contribution in [0.4, 0.5) is 18.9 Å². The lowest BCUT2D eigenvalue weighted by Crippen LogP contribution is -2.45. The van der Waals surface area contributed by atoms with Gasteiger partial charge in [0, 0.05) is 24.8 Å². The molecule has 0 amide bonds. The minimum absolute atomic E-state index is 0.224. The summed E-state index contributed by atoms with van der Waals surface area (Å²) in [5.74, 6) is 0.470. The van der Waals surface area contributed by atoms with Gasteiger partial charge in [-0.15, -0.1) is 13.2 Å². The lowest BCUT2D eigenvalue weighted by molar-refractivity contribution is -0.274. The Kier molecular flexibility index (Phi) is 7.73. The third-order valence-corrected chi connectivity index (χ3v) is 4.14. The van der Waals surface area contributed by atoms with E-state index in [0.29, 0.717) is 18.2 Å². The molecule has 1 fully saturated rings. The van der Waals surface area contributed by atoms with Crippen molar-refractivity contribution < 1.29 is 22.6 Å². The molecule has 27 heavy (non-hydrogen) atoms. The molecule has 2 rings (SSSR count). The molecule has 1 aromatic carbocycles. The topological polar surface area (TPSA) is 72.1 Å². The van der Waals surface area contributed by atoms with Crippen molar-refractivity contribution in [2.75, 3.05) is 38.2 Å². The first-order valence-electron chi connectivity index (χ1n) is 8.97. The van der Waals surface area contributed by atoms with E-state index in [-0.39, 0.29) is 17.8 Å². The molecule has 0 bridgehead atoms. The van der Waals surface area contributed by atoms with Crippen LogP contribution in [0.3, 0.4) is 0 Å². The molecule has 1 atom stereocenters. The van der Waals surface area contributed by atoms with Gasteiger partial charge in [-0.1, -0.05) is 13.8 Å². The third-order valence-electron chi connectivity index (χ3n) is 4.14. The van der Waals surface area contributed by atoms with Crippen molar-refractivity contribution in [3.05, 3.63) is 24.3 Å². The van der Waals surface area contributed by atoms with Crippen molar-refractivity contribution in [2.24, 2.45) is 16.6 Å². The van der Waals surface area contributed by atoms with E-state index in [4.69, 9.17) is 10.5 Å². The molecule has 9 heteroatoms. The van der Waals surface area contributed by atoms with Gasteiger partial charge < -0.3 is 20.5 Å². The Labute approximate surface area is 157 Å². The predicted molar refractivity (Wildman–Crippen MR) is 98.9 cm³/mol. The van der Waals surface area contributed by atoms with Crippen molar-refractivity contribution in [3.8, 4) is 5.75 Å². The molecule has 6 nitrogen and oxygen atoms in total. The van der Waals surface area contributed by atoms with Gasteiger partial charge in [-0.25, -0.2) is 0 Å². The molecule has 3 N–H and O–H groups in total. The number of morpholine rings is 1. The Bertz CT molecular complexity index is 600. The largest absolute Gasteiger partial charge is 0.573 e. The third kappa shape index (κ3) is 8.04. The van der Waals surface area contributed by atoms with Crippen molar-refractivity contribution in [2.45, 2.75) is 32.7 Å². The maximum Gasteiger partial charge on any atom is 0.573 e. The second-order valence-corrected chi connectivity index (χ2v) is 6.85. The second-order valence-electron chi connectivity index (χ2n) is 6.85. The van der Waals surface area contributed by atoms with Crippen LogP contribution in [0.1, 0.15) is 20.3 Å². The summed E-state index contributed by atoms with van der Waals surface area (Å²) in [4.78, 5) is 6.78. The summed E-state index contributed by atoms with van der Waals surface area (Å²) < 4.78 is 45.8. The fraction of sp³-hybridized carbons (Fsp3) is 0.611. The molecule has 1 aliphatic heterocycles. The van der Waals surface area contributed by atoms with E-state index in [1.54, 1.807) is 0 Å². The fourth-order valence-electron chi connectivity index (χ4n) is 2.96. The van der Waals surface area contributed by atoms with Gasteiger partial charge in [0.1, 0.15) is 5.75 Å². The van der Waals surface area contributed by atoms with Gasteiger partial charge in [0.15, 0.2) is 5.96 Å². The molecule has 0 aliphatic carbocycles. The number of nitrogens with zero attached hydrogens (tertiary/aromatic N) is 2. The summed E-state index contributed by atoms with van der Waals surface area (Å²) in [6, 6.07) is 5.63. The van der Waals surface area contributed by atoms with Crippen LogP contribution in [-0.4, -0.2) is 56.1 Å². The number of hydrogen-bond acceptors (Lipinski definition) is 4. The van der Waals surface area contributed by atoms with E-state index >= 15 is 0 Å². The number of aliphatic imine (C=N–C) groups is 1. The average Bonchev–Trinajstić information content (AvgIpc) is 2.59. The molecule has 0 spiro atoms. The highest BCUT2D eigenvalue weighted by molar-refractivity contribution is 5.92. The number of ether oxygens (including phenoxy) is 2. The van der Waals surface area contributed by atoms with Crippen LogP contribution in [0.2, 0.25) is 0 Å². The molecule has 0 radical (unpaired) electrons. The average molecular weight is 388 g/mol. The van der Waals surface area contributed by atoms with Crippen LogP contribution < -0.4 is 15.8 Å². The summed E-state index contributed by atoms with van der Waals surface area (Å²) in [5, 5.41) is 2.89. The monoisotopic (exact) mass is 388 g/mol. The van der Waals surface area contributed by atoms with Crippen LogP contribution in [0, 0.1) is 5.92 Å². The highest BCUT2D eigenvalue weighted by atomic mass is 19.4. The van der Waals surface area contributed by atoms with E-state index in [9.17, 15) is 13.2 Å². The van der Waals surface area contributed by atoms with E-state index in [1.165, 1.54) is 24.3 Å². The van der Waals surface area contributed by atoms with Crippen LogP contribution >= 0.6 is 0 Å². The van der Waals surface area contributed by atoms with Crippen molar-refractivity contribution in [1.82, 2.24) is 4.90 Å². The van der Waals surface area contributed by atoms with Crippen LogP contribution in [0.15, 0.2) is 29.3 Å². The maximum absolute atomic E-state index is 12.2. The minimum atomic E-state index is -4.71. The number of nitrogens with two attached hydrogens (primary N) is 1. The zero-order valence-corrected chi connectivity index (χ0v) is 15.6. The van der Waals surface area contributed by atoms with Gasteiger partial charge in [0.2, 0.25) is 0 Å². The first kappa shape index (κ1) is 21.3. The Balaban J connectivity index is 1.92. The molecular weight excluding hydrogens is 361 g/mol. The summed E-state index contributed by atoms with van der Waals surface area (Å²) in [7, 11) is 0. The lowest BCUT2D eigenvalue weighted by atomic mass is 10.0. The first-order chi connectivity index (χ1) is 12.7.